The van der Waals surface area contributed by atoms with Crippen LogP contribution in [0.3, 0.4) is 0 Å². The van der Waals surface area contributed by atoms with Crippen molar-refractivity contribution in [1.29, 1.82) is 0 Å². The number of benzene rings is 1. The molecule has 1 fully saturated rings. The lowest BCUT2D eigenvalue weighted by Crippen LogP contribution is -2.51. The number of hydrogen-bond acceptors (Lipinski definition) is 3. The van der Waals surface area contributed by atoms with E-state index in [0.29, 0.717) is 12.8 Å². The van der Waals surface area contributed by atoms with Crippen LogP contribution in [0.4, 0.5) is 0 Å². The summed E-state index contributed by atoms with van der Waals surface area (Å²) < 4.78 is 0. The van der Waals surface area contributed by atoms with E-state index < -0.39 is 16.8 Å². The fourth-order valence-electron chi connectivity index (χ4n) is 3.69. The zero-order chi connectivity index (χ0) is 17.3. The van der Waals surface area contributed by atoms with Crippen LogP contribution in [0, 0.1) is 16.7 Å². The lowest BCUT2D eigenvalue weighted by Gasteiger charge is -2.42. The second-order valence-corrected chi connectivity index (χ2v) is 7.53. The molecule has 23 heavy (non-hydrogen) atoms. The van der Waals surface area contributed by atoms with Crippen molar-refractivity contribution in [3.63, 3.8) is 0 Å². The fourth-order valence-corrected chi connectivity index (χ4v) is 3.69. The first-order valence-electron chi connectivity index (χ1n) is 8.24. The molecule has 1 aromatic carbocycles. The summed E-state index contributed by atoms with van der Waals surface area (Å²) in [6.45, 7) is 7.40. The summed E-state index contributed by atoms with van der Waals surface area (Å²) in [6.07, 6.45) is 1.83. The summed E-state index contributed by atoms with van der Waals surface area (Å²) in [5, 5.41) is 14.6. The number of rotatable bonds is 5. The van der Waals surface area contributed by atoms with Gasteiger partial charge < -0.3 is 15.2 Å². The third-order valence-corrected chi connectivity index (χ3v) is 5.77. The van der Waals surface area contributed by atoms with Crippen LogP contribution in [0.5, 0.6) is 0 Å². The number of carboxylic acids is 1. The van der Waals surface area contributed by atoms with Gasteiger partial charge in [-0.1, -0.05) is 51.1 Å². The Morgan fingerprint density at radius 3 is 2.39 bits per heavy atom. The summed E-state index contributed by atoms with van der Waals surface area (Å²) in [4.78, 5) is 24.2. The Morgan fingerprint density at radius 1 is 1.26 bits per heavy atom. The molecule has 0 aliphatic heterocycles. The highest BCUT2D eigenvalue weighted by atomic mass is 16.4. The van der Waals surface area contributed by atoms with Crippen LogP contribution in [0.15, 0.2) is 30.3 Å². The summed E-state index contributed by atoms with van der Waals surface area (Å²) in [5.41, 5.74) is -0.411. The lowest BCUT2D eigenvalue weighted by atomic mass is 9.65. The molecule has 0 aromatic heterocycles. The summed E-state index contributed by atoms with van der Waals surface area (Å²) in [6, 6.07) is 10.0. The van der Waals surface area contributed by atoms with E-state index in [1.54, 1.807) is 6.92 Å². The van der Waals surface area contributed by atoms with E-state index in [1.165, 1.54) is 5.56 Å². The van der Waals surface area contributed by atoms with Crippen LogP contribution in [0.25, 0.3) is 0 Å². The van der Waals surface area contributed by atoms with E-state index in [0.717, 1.165) is 6.42 Å². The molecule has 4 nitrogen and oxygen atoms in total. The number of carbonyl (C=O) groups is 2. The van der Waals surface area contributed by atoms with E-state index in [4.69, 9.17) is 0 Å². The maximum atomic E-state index is 12.6. The normalized spacial score (nSPS) is 27.4. The van der Waals surface area contributed by atoms with E-state index in [-0.39, 0.29) is 17.9 Å². The third kappa shape index (κ3) is 3.26. The first-order chi connectivity index (χ1) is 10.7. The van der Waals surface area contributed by atoms with Gasteiger partial charge in [-0.2, -0.15) is 0 Å². The maximum absolute atomic E-state index is 12.6. The maximum Gasteiger partial charge on any atom is 0.223 e. The van der Waals surface area contributed by atoms with Crippen molar-refractivity contribution in [3.05, 3.63) is 35.9 Å². The molecule has 1 aliphatic carbocycles. The van der Waals surface area contributed by atoms with Crippen molar-refractivity contribution in [1.82, 2.24) is 5.32 Å². The van der Waals surface area contributed by atoms with Crippen molar-refractivity contribution in [3.8, 4) is 0 Å². The van der Waals surface area contributed by atoms with Gasteiger partial charge in [0.25, 0.3) is 0 Å². The number of nitrogens with one attached hydrogen (secondary N) is 1. The van der Waals surface area contributed by atoms with Gasteiger partial charge in [0.2, 0.25) is 5.91 Å². The molecule has 2 rings (SSSR count). The molecule has 0 radical (unpaired) electrons. The van der Waals surface area contributed by atoms with Gasteiger partial charge >= 0.3 is 0 Å². The standard InChI is InChI=1S/C19H27NO3/c1-13(12-14-8-6-5-7-9-14)20-16(21)15-10-11-19(4,17(22)23)18(15,2)3/h5-9,13,15H,10-12H2,1-4H3,(H,20,21)(H,22,23)/p-1/t13-,15+,19-/m0/s1. The smallest absolute Gasteiger partial charge is 0.223 e. The molecule has 1 aliphatic rings. The number of aliphatic carboxylic acids is 1. The molecule has 1 aromatic rings. The summed E-state index contributed by atoms with van der Waals surface area (Å²) in [5.74, 6) is -1.41. The highest BCUT2D eigenvalue weighted by Crippen LogP contribution is 2.55. The Hall–Kier alpha value is -1.84. The quantitative estimate of drug-likeness (QED) is 0.902. The van der Waals surface area contributed by atoms with E-state index in [2.05, 4.69) is 5.32 Å². The highest BCUT2D eigenvalue weighted by molar-refractivity contribution is 5.83. The molecule has 0 unspecified atom stereocenters. The van der Waals surface area contributed by atoms with Crippen molar-refractivity contribution in [2.24, 2.45) is 16.7 Å². The number of hydrogen-bond donors (Lipinski definition) is 1. The van der Waals surface area contributed by atoms with E-state index in [1.807, 2.05) is 51.1 Å². The zero-order valence-electron chi connectivity index (χ0n) is 14.4. The van der Waals surface area contributed by atoms with Gasteiger partial charge in [0, 0.05) is 23.3 Å². The Morgan fingerprint density at radius 2 is 1.87 bits per heavy atom. The topological polar surface area (TPSA) is 69.2 Å². The molecular weight excluding hydrogens is 290 g/mol. The van der Waals surface area contributed by atoms with Gasteiger partial charge in [-0.05, 0) is 37.2 Å². The Balaban J connectivity index is 2.02. The van der Waals surface area contributed by atoms with Crippen molar-refractivity contribution >= 4 is 11.9 Å². The van der Waals surface area contributed by atoms with E-state index in [9.17, 15) is 14.7 Å². The number of carboxylic acid groups (broad SMARTS) is 1. The molecule has 0 saturated heterocycles. The second-order valence-electron chi connectivity index (χ2n) is 7.53. The van der Waals surface area contributed by atoms with Gasteiger partial charge in [-0.25, -0.2) is 0 Å². The van der Waals surface area contributed by atoms with Gasteiger partial charge in [-0.15, -0.1) is 0 Å². The Labute approximate surface area is 138 Å². The second kappa shape index (κ2) is 6.34. The van der Waals surface area contributed by atoms with Crippen LogP contribution in [0.2, 0.25) is 0 Å². The molecule has 0 heterocycles. The monoisotopic (exact) mass is 316 g/mol. The average Bonchev–Trinajstić information content (AvgIpc) is 2.71. The summed E-state index contributed by atoms with van der Waals surface area (Å²) >= 11 is 0. The molecule has 0 spiro atoms. The molecule has 1 saturated carbocycles. The third-order valence-electron chi connectivity index (χ3n) is 5.77. The first kappa shape index (κ1) is 17.5. The largest absolute Gasteiger partial charge is 0.550 e. The van der Waals surface area contributed by atoms with Gasteiger partial charge in [0.05, 0.1) is 0 Å². The predicted octanol–water partition coefficient (Wildman–Crippen LogP) is 1.93. The van der Waals surface area contributed by atoms with Crippen molar-refractivity contribution < 1.29 is 14.7 Å². The Bertz CT molecular complexity index is 582. The zero-order valence-corrected chi connectivity index (χ0v) is 14.4. The molecule has 1 amide bonds. The van der Waals surface area contributed by atoms with Crippen LogP contribution in [-0.4, -0.2) is 17.9 Å². The SMILES string of the molecule is C[C@@H](Cc1ccccc1)NC(=O)[C@H]1CC[C@@](C)(C(=O)[O-])C1(C)C. The Kier molecular flexibility index (Phi) is 4.83. The van der Waals surface area contributed by atoms with Crippen LogP contribution in [-0.2, 0) is 16.0 Å². The molecule has 1 N–H and O–H groups in total. The van der Waals surface area contributed by atoms with Crippen LogP contribution < -0.4 is 10.4 Å². The minimum Gasteiger partial charge on any atom is -0.550 e. The van der Waals surface area contributed by atoms with Gasteiger partial charge in [0.15, 0.2) is 0 Å². The molecule has 126 valence electrons. The van der Waals surface area contributed by atoms with Crippen molar-refractivity contribution in [2.45, 2.75) is 53.0 Å². The number of amides is 1. The molecule has 0 bridgehead atoms. The highest BCUT2D eigenvalue weighted by Gasteiger charge is 2.54. The van der Waals surface area contributed by atoms with Crippen LogP contribution >= 0.6 is 0 Å². The minimum absolute atomic E-state index is 0.00973. The fraction of sp³-hybridized carbons (Fsp3) is 0.579. The van der Waals surface area contributed by atoms with Crippen molar-refractivity contribution in [2.75, 3.05) is 0 Å². The number of carbonyl (C=O) groups excluding carboxylic acids is 2. The van der Waals surface area contributed by atoms with Gasteiger partial charge in [-0.3, -0.25) is 4.79 Å². The molecule has 4 heteroatoms. The molecular formula is C19H26NO3-. The lowest BCUT2D eigenvalue weighted by molar-refractivity contribution is -0.323. The summed E-state index contributed by atoms with van der Waals surface area (Å²) in [7, 11) is 0. The first-order valence-corrected chi connectivity index (χ1v) is 8.24. The van der Waals surface area contributed by atoms with E-state index >= 15 is 0 Å². The average molecular weight is 316 g/mol. The molecule has 3 atom stereocenters. The predicted molar refractivity (Wildman–Crippen MR) is 87.4 cm³/mol. The van der Waals surface area contributed by atoms with Gasteiger partial charge in [0.1, 0.15) is 0 Å². The van der Waals surface area contributed by atoms with Crippen LogP contribution in [0.1, 0.15) is 46.1 Å². The minimum atomic E-state index is -1.06.